The van der Waals surface area contributed by atoms with Gasteiger partial charge in [0.2, 0.25) is 0 Å². The summed E-state index contributed by atoms with van der Waals surface area (Å²) in [5.41, 5.74) is 4.25. The Morgan fingerprint density at radius 1 is 0.972 bits per heavy atom. The molecule has 1 heterocycles. The van der Waals surface area contributed by atoms with Gasteiger partial charge in [0.25, 0.3) is 0 Å². The number of nitrogens with one attached hydrogen (secondary N) is 1. The summed E-state index contributed by atoms with van der Waals surface area (Å²) >= 11 is 0. The van der Waals surface area contributed by atoms with Crippen LogP contribution in [0.4, 0.5) is 15.3 Å². The second kappa shape index (κ2) is 10.3. The summed E-state index contributed by atoms with van der Waals surface area (Å²) in [6, 6.07) is 25.3. The van der Waals surface area contributed by atoms with Crippen LogP contribution in [0.5, 0.6) is 5.75 Å². The van der Waals surface area contributed by atoms with E-state index in [0.29, 0.717) is 12.3 Å². The lowest BCUT2D eigenvalue weighted by atomic mass is 9.97. The number of hydrogen-bond donors (Lipinski definition) is 1. The van der Waals surface area contributed by atoms with Gasteiger partial charge in [-0.05, 0) is 47.7 Å². The van der Waals surface area contributed by atoms with E-state index in [1.165, 1.54) is 0 Å². The molecule has 1 aliphatic heterocycles. The zero-order valence-electron chi connectivity index (χ0n) is 20.6. The molecule has 3 unspecified atom stereocenters. The van der Waals surface area contributed by atoms with Gasteiger partial charge in [-0.3, -0.25) is 0 Å². The number of nitrogens with zero attached hydrogens (tertiary/aromatic N) is 2. The van der Waals surface area contributed by atoms with Crippen LogP contribution in [-0.4, -0.2) is 43.3 Å². The Balaban J connectivity index is 1.20. The maximum atomic E-state index is 12.9. The molecule has 7 heteroatoms. The predicted molar refractivity (Wildman–Crippen MR) is 138 cm³/mol. The summed E-state index contributed by atoms with van der Waals surface area (Å²) in [5, 5.41) is 3.25. The predicted octanol–water partition coefficient (Wildman–Crippen LogP) is 5.31. The van der Waals surface area contributed by atoms with Gasteiger partial charge in [-0.1, -0.05) is 60.7 Å². The monoisotopic (exact) mass is 485 g/mol. The van der Waals surface area contributed by atoms with Crippen molar-refractivity contribution in [2.24, 2.45) is 0 Å². The molecule has 3 aromatic rings. The van der Waals surface area contributed by atoms with Gasteiger partial charge in [0.05, 0.1) is 12.1 Å². The first kappa shape index (κ1) is 23.7. The van der Waals surface area contributed by atoms with E-state index in [-0.39, 0.29) is 30.6 Å². The van der Waals surface area contributed by atoms with Gasteiger partial charge in [-0.25, -0.2) is 9.59 Å². The van der Waals surface area contributed by atoms with Crippen LogP contribution < -0.4 is 15.0 Å². The number of anilines is 1. The number of urea groups is 1. The highest BCUT2D eigenvalue weighted by molar-refractivity contribution is 5.75. The largest absolute Gasteiger partial charge is 0.514 e. The van der Waals surface area contributed by atoms with Gasteiger partial charge in [0.1, 0.15) is 12.4 Å². The number of hydrogen-bond acceptors (Lipinski definition) is 5. The van der Waals surface area contributed by atoms with Crippen molar-refractivity contribution in [3.63, 3.8) is 0 Å². The van der Waals surface area contributed by atoms with E-state index in [1.54, 1.807) is 11.0 Å². The van der Waals surface area contributed by atoms with Crippen LogP contribution in [-0.2, 0) is 17.9 Å². The number of rotatable bonds is 6. The lowest BCUT2D eigenvalue weighted by Gasteiger charge is -2.30. The molecule has 36 heavy (non-hydrogen) atoms. The molecular weight excluding hydrogens is 454 g/mol. The molecule has 0 saturated heterocycles. The molecule has 2 amide bonds. The fourth-order valence-corrected chi connectivity index (χ4v) is 5.43. The van der Waals surface area contributed by atoms with E-state index in [4.69, 9.17) is 9.47 Å². The standard InChI is InChI=1S/C29H31N3O4/c1-31(18-20-9-5-3-6-10-20)28(33)30-25-15-14-23-24-17-22(13-16-26(24)32(2)27(23)25)36-29(34)35-19-21-11-7-4-8-12-21/h3-13,16-17,23,25,27H,14-15,18-19H2,1-2H3,(H,30,33). The number of ether oxygens (including phenoxy) is 2. The minimum Gasteiger partial charge on any atom is -0.429 e. The molecule has 186 valence electrons. The van der Waals surface area contributed by atoms with Gasteiger partial charge in [0.15, 0.2) is 0 Å². The van der Waals surface area contributed by atoms with Crippen LogP contribution >= 0.6 is 0 Å². The average molecular weight is 486 g/mol. The van der Waals surface area contributed by atoms with Crippen molar-refractivity contribution in [3.05, 3.63) is 95.6 Å². The molecule has 3 atom stereocenters. The zero-order chi connectivity index (χ0) is 25.1. The van der Waals surface area contributed by atoms with Gasteiger partial charge in [-0.15, -0.1) is 0 Å². The summed E-state index contributed by atoms with van der Waals surface area (Å²) < 4.78 is 10.7. The summed E-state index contributed by atoms with van der Waals surface area (Å²) in [6.45, 7) is 0.725. The Morgan fingerprint density at radius 3 is 2.39 bits per heavy atom. The van der Waals surface area contributed by atoms with Gasteiger partial charge < -0.3 is 24.6 Å². The van der Waals surface area contributed by atoms with Crippen LogP contribution in [0, 0.1) is 0 Å². The fourth-order valence-electron chi connectivity index (χ4n) is 5.43. The van der Waals surface area contributed by atoms with Gasteiger partial charge >= 0.3 is 12.2 Å². The molecule has 7 nitrogen and oxygen atoms in total. The number of likely N-dealkylation sites (N-methyl/N-ethyl adjacent to an activating group) is 1. The molecule has 1 fully saturated rings. The van der Waals surface area contributed by atoms with E-state index in [9.17, 15) is 9.59 Å². The van der Waals surface area contributed by atoms with E-state index < -0.39 is 6.16 Å². The number of fused-ring (bicyclic) bond motifs is 3. The van der Waals surface area contributed by atoms with Crippen LogP contribution in [0.1, 0.15) is 35.4 Å². The summed E-state index contributed by atoms with van der Waals surface area (Å²) in [7, 11) is 3.89. The number of carbonyl (C=O) groups is 2. The maximum absolute atomic E-state index is 12.9. The van der Waals surface area contributed by atoms with Gasteiger partial charge in [0, 0.05) is 32.2 Å². The van der Waals surface area contributed by atoms with E-state index in [2.05, 4.69) is 17.3 Å². The molecule has 1 saturated carbocycles. The fraction of sp³-hybridized carbons (Fsp3) is 0.310. The molecule has 3 aromatic carbocycles. The van der Waals surface area contributed by atoms with Crippen molar-refractivity contribution < 1.29 is 19.1 Å². The Kier molecular flexibility index (Phi) is 6.80. The van der Waals surface area contributed by atoms with Crippen LogP contribution in [0.3, 0.4) is 0 Å². The second-order valence-electron chi connectivity index (χ2n) is 9.53. The van der Waals surface area contributed by atoms with Crippen molar-refractivity contribution in [1.82, 2.24) is 10.2 Å². The van der Waals surface area contributed by atoms with Crippen LogP contribution in [0.2, 0.25) is 0 Å². The topological polar surface area (TPSA) is 71.1 Å². The zero-order valence-corrected chi connectivity index (χ0v) is 20.6. The van der Waals surface area contributed by atoms with Crippen molar-refractivity contribution in [2.75, 3.05) is 19.0 Å². The molecule has 1 aliphatic carbocycles. The van der Waals surface area contributed by atoms with Crippen LogP contribution in [0.15, 0.2) is 78.9 Å². The Hall–Kier alpha value is -4.00. The van der Waals surface area contributed by atoms with Crippen molar-refractivity contribution in [1.29, 1.82) is 0 Å². The lowest BCUT2D eigenvalue weighted by molar-refractivity contribution is 0.0927. The molecule has 0 radical (unpaired) electrons. The highest BCUT2D eigenvalue weighted by atomic mass is 16.7. The highest BCUT2D eigenvalue weighted by Gasteiger charge is 2.46. The van der Waals surface area contributed by atoms with E-state index >= 15 is 0 Å². The third kappa shape index (κ3) is 5.00. The quantitative estimate of drug-likeness (QED) is 0.379. The first-order chi connectivity index (χ1) is 17.5. The summed E-state index contributed by atoms with van der Waals surface area (Å²) in [6.07, 6.45) is 1.13. The third-order valence-electron chi connectivity index (χ3n) is 7.16. The first-order valence-electron chi connectivity index (χ1n) is 12.3. The van der Waals surface area contributed by atoms with E-state index in [1.807, 2.05) is 79.8 Å². The third-order valence-corrected chi connectivity index (χ3v) is 7.16. The lowest BCUT2D eigenvalue weighted by Crippen LogP contribution is -2.50. The summed E-state index contributed by atoms with van der Waals surface area (Å²) in [5.74, 6) is 0.731. The Morgan fingerprint density at radius 2 is 1.67 bits per heavy atom. The second-order valence-corrected chi connectivity index (χ2v) is 9.53. The minimum absolute atomic E-state index is 0.0401. The van der Waals surface area contributed by atoms with Crippen molar-refractivity contribution in [3.8, 4) is 5.75 Å². The average Bonchev–Trinajstić information content (AvgIpc) is 3.43. The molecule has 0 aromatic heterocycles. The maximum Gasteiger partial charge on any atom is 0.514 e. The SMILES string of the molecule is CN(Cc1ccccc1)C(=O)NC1CCC2c3cc(OC(=O)OCc4ccccc4)ccc3N(C)C12. The summed E-state index contributed by atoms with van der Waals surface area (Å²) in [4.78, 5) is 29.1. The normalized spacial score (nSPS) is 19.8. The number of carbonyl (C=O) groups excluding carboxylic acids is 2. The van der Waals surface area contributed by atoms with Crippen LogP contribution in [0.25, 0.3) is 0 Å². The molecule has 0 spiro atoms. The molecule has 0 bridgehead atoms. The smallest absolute Gasteiger partial charge is 0.429 e. The number of amides is 2. The number of benzene rings is 3. The first-order valence-corrected chi connectivity index (χ1v) is 12.3. The molecule has 1 N–H and O–H groups in total. The highest BCUT2D eigenvalue weighted by Crippen LogP contribution is 2.49. The Bertz CT molecular complexity index is 1220. The molecule has 2 aliphatic rings. The van der Waals surface area contributed by atoms with Crippen molar-refractivity contribution in [2.45, 2.75) is 44.0 Å². The van der Waals surface area contributed by atoms with E-state index in [0.717, 1.165) is 35.2 Å². The van der Waals surface area contributed by atoms with Gasteiger partial charge in [-0.2, -0.15) is 0 Å². The van der Waals surface area contributed by atoms with Crippen molar-refractivity contribution >= 4 is 17.9 Å². The molecular formula is C29H31N3O4. The molecule has 5 rings (SSSR count). The Labute approximate surface area is 211 Å². The minimum atomic E-state index is -0.722.